The fourth-order valence-electron chi connectivity index (χ4n) is 3.51. The molecule has 1 aliphatic heterocycles. The summed E-state index contributed by atoms with van der Waals surface area (Å²) in [7, 11) is 0. The van der Waals surface area contributed by atoms with E-state index in [1.165, 1.54) is 23.2 Å². The summed E-state index contributed by atoms with van der Waals surface area (Å²) in [6, 6.07) is 6.81. The average molecular weight is 260 g/mol. The summed E-state index contributed by atoms with van der Waals surface area (Å²) in [4.78, 5) is 2.62. The van der Waals surface area contributed by atoms with Gasteiger partial charge in [-0.25, -0.2) is 0 Å². The summed E-state index contributed by atoms with van der Waals surface area (Å²) in [6.45, 7) is 15.9. The van der Waals surface area contributed by atoms with Crippen molar-refractivity contribution in [1.82, 2.24) is 5.32 Å². The molecule has 19 heavy (non-hydrogen) atoms. The zero-order valence-corrected chi connectivity index (χ0v) is 13.3. The van der Waals surface area contributed by atoms with Crippen molar-refractivity contribution in [3.63, 3.8) is 0 Å². The quantitative estimate of drug-likeness (QED) is 0.829. The summed E-state index contributed by atoms with van der Waals surface area (Å²) < 4.78 is 0. The molecule has 1 aromatic rings. The van der Waals surface area contributed by atoms with Crippen molar-refractivity contribution in [2.75, 3.05) is 18.0 Å². The van der Waals surface area contributed by atoms with E-state index in [1.54, 1.807) is 0 Å². The lowest BCUT2D eigenvalue weighted by Crippen LogP contribution is -2.57. The number of hydrogen-bond acceptors (Lipinski definition) is 2. The zero-order valence-electron chi connectivity index (χ0n) is 13.3. The lowest BCUT2D eigenvalue weighted by molar-refractivity contribution is 0.357. The molecule has 0 radical (unpaired) electrons. The standard InChI is InChI=1S/C17H28N2/c1-13-7-8-15(14(2)11-13)19-16(3,4)9-10-18-12-17(19,5)6/h7-8,11,18H,9-10,12H2,1-6H3. The Kier molecular flexibility index (Phi) is 3.65. The van der Waals surface area contributed by atoms with E-state index >= 15 is 0 Å². The van der Waals surface area contributed by atoms with Crippen LogP contribution in [0.3, 0.4) is 0 Å². The second-order valence-electron chi connectivity index (χ2n) is 7.18. The summed E-state index contributed by atoms with van der Waals surface area (Å²) in [5, 5.41) is 3.58. The molecule has 2 rings (SSSR count). The maximum atomic E-state index is 3.58. The first-order valence-electron chi connectivity index (χ1n) is 7.32. The summed E-state index contributed by atoms with van der Waals surface area (Å²) in [5.41, 5.74) is 4.39. The molecule has 1 aromatic carbocycles. The largest absolute Gasteiger partial charge is 0.360 e. The lowest BCUT2D eigenvalue weighted by atomic mass is 9.90. The van der Waals surface area contributed by atoms with E-state index in [-0.39, 0.29) is 11.1 Å². The van der Waals surface area contributed by atoms with Crippen LogP contribution in [0.5, 0.6) is 0 Å². The van der Waals surface area contributed by atoms with Crippen LogP contribution in [0.15, 0.2) is 18.2 Å². The number of anilines is 1. The van der Waals surface area contributed by atoms with E-state index < -0.39 is 0 Å². The Balaban J connectivity index is 2.53. The highest BCUT2D eigenvalue weighted by Gasteiger charge is 2.39. The second kappa shape index (κ2) is 4.82. The number of rotatable bonds is 1. The number of benzene rings is 1. The molecule has 2 heteroatoms. The van der Waals surface area contributed by atoms with E-state index in [2.05, 4.69) is 70.0 Å². The molecular weight excluding hydrogens is 232 g/mol. The van der Waals surface area contributed by atoms with E-state index in [1.807, 2.05) is 0 Å². The van der Waals surface area contributed by atoms with Gasteiger partial charge in [0.05, 0.1) is 0 Å². The molecule has 1 aliphatic rings. The van der Waals surface area contributed by atoms with Gasteiger partial charge in [-0.2, -0.15) is 0 Å². The highest BCUT2D eigenvalue weighted by Crippen LogP contribution is 2.37. The Hall–Kier alpha value is -1.02. The summed E-state index contributed by atoms with van der Waals surface area (Å²) >= 11 is 0. The topological polar surface area (TPSA) is 15.3 Å². The molecule has 0 aliphatic carbocycles. The summed E-state index contributed by atoms with van der Waals surface area (Å²) in [5.74, 6) is 0. The number of nitrogens with zero attached hydrogens (tertiary/aromatic N) is 1. The molecule has 0 spiro atoms. The highest BCUT2D eigenvalue weighted by atomic mass is 15.3. The Labute approximate surface area is 118 Å². The van der Waals surface area contributed by atoms with Crippen LogP contribution >= 0.6 is 0 Å². The predicted molar refractivity (Wildman–Crippen MR) is 84.0 cm³/mol. The van der Waals surface area contributed by atoms with Crippen LogP contribution in [0.25, 0.3) is 0 Å². The summed E-state index contributed by atoms with van der Waals surface area (Å²) in [6.07, 6.45) is 1.17. The van der Waals surface area contributed by atoms with Gasteiger partial charge in [0.15, 0.2) is 0 Å². The van der Waals surface area contributed by atoms with Crippen LogP contribution in [0.1, 0.15) is 45.2 Å². The van der Waals surface area contributed by atoms with Crippen molar-refractivity contribution in [2.24, 2.45) is 0 Å². The average Bonchev–Trinajstić information content (AvgIpc) is 2.37. The Morgan fingerprint density at radius 3 is 2.37 bits per heavy atom. The number of hydrogen-bond donors (Lipinski definition) is 1. The molecular formula is C17H28N2. The van der Waals surface area contributed by atoms with Crippen molar-refractivity contribution in [2.45, 2.75) is 59.0 Å². The van der Waals surface area contributed by atoms with Gasteiger partial charge in [0.2, 0.25) is 0 Å². The van der Waals surface area contributed by atoms with Gasteiger partial charge < -0.3 is 10.2 Å². The first kappa shape index (κ1) is 14.4. The third-order valence-electron chi connectivity index (χ3n) is 4.28. The molecule has 0 bridgehead atoms. The zero-order chi connectivity index (χ0) is 14.3. The molecule has 0 amide bonds. The second-order valence-corrected chi connectivity index (χ2v) is 7.18. The van der Waals surface area contributed by atoms with Gasteiger partial charge in [-0.1, -0.05) is 17.7 Å². The minimum Gasteiger partial charge on any atom is -0.360 e. The van der Waals surface area contributed by atoms with E-state index in [4.69, 9.17) is 0 Å². The molecule has 1 N–H and O–H groups in total. The Morgan fingerprint density at radius 2 is 1.74 bits per heavy atom. The fourth-order valence-corrected chi connectivity index (χ4v) is 3.51. The molecule has 0 saturated carbocycles. The molecule has 0 atom stereocenters. The Morgan fingerprint density at radius 1 is 1.05 bits per heavy atom. The third kappa shape index (κ3) is 2.79. The van der Waals surface area contributed by atoms with Crippen molar-refractivity contribution in [3.8, 4) is 0 Å². The molecule has 106 valence electrons. The molecule has 1 fully saturated rings. The van der Waals surface area contributed by atoms with Gasteiger partial charge in [-0.3, -0.25) is 0 Å². The van der Waals surface area contributed by atoms with Crippen molar-refractivity contribution >= 4 is 5.69 Å². The lowest BCUT2D eigenvalue weighted by Gasteiger charge is -2.49. The molecule has 0 aromatic heterocycles. The maximum Gasteiger partial charge on any atom is 0.0475 e. The van der Waals surface area contributed by atoms with Gasteiger partial charge in [-0.15, -0.1) is 0 Å². The molecule has 1 saturated heterocycles. The molecule has 0 unspecified atom stereocenters. The van der Waals surface area contributed by atoms with Crippen LogP contribution in [-0.2, 0) is 0 Å². The van der Waals surface area contributed by atoms with E-state index in [0.717, 1.165) is 13.1 Å². The van der Waals surface area contributed by atoms with Gasteiger partial charge in [0.25, 0.3) is 0 Å². The van der Waals surface area contributed by atoms with Crippen LogP contribution in [-0.4, -0.2) is 24.2 Å². The van der Waals surface area contributed by atoms with Gasteiger partial charge in [0, 0.05) is 23.3 Å². The van der Waals surface area contributed by atoms with Crippen LogP contribution in [0.2, 0.25) is 0 Å². The molecule has 2 nitrogen and oxygen atoms in total. The number of nitrogens with one attached hydrogen (secondary N) is 1. The van der Waals surface area contributed by atoms with Crippen molar-refractivity contribution < 1.29 is 0 Å². The highest BCUT2D eigenvalue weighted by molar-refractivity contribution is 5.58. The maximum absolute atomic E-state index is 3.58. The first-order chi connectivity index (χ1) is 8.74. The van der Waals surface area contributed by atoms with Crippen molar-refractivity contribution in [1.29, 1.82) is 0 Å². The SMILES string of the molecule is Cc1ccc(N2C(C)(C)CCNCC2(C)C)c(C)c1. The monoisotopic (exact) mass is 260 g/mol. The molecule has 1 heterocycles. The van der Waals surface area contributed by atoms with Gasteiger partial charge in [0.1, 0.15) is 0 Å². The minimum atomic E-state index is 0.125. The van der Waals surface area contributed by atoms with E-state index in [9.17, 15) is 0 Å². The first-order valence-corrected chi connectivity index (χ1v) is 7.32. The van der Waals surface area contributed by atoms with E-state index in [0.29, 0.717) is 0 Å². The fraction of sp³-hybridized carbons (Fsp3) is 0.647. The van der Waals surface area contributed by atoms with Crippen LogP contribution in [0.4, 0.5) is 5.69 Å². The van der Waals surface area contributed by atoms with Crippen LogP contribution in [0, 0.1) is 13.8 Å². The smallest absolute Gasteiger partial charge is 0.0475 e. The number of aryl methyl sites for hydroxylation is 2. The van der Waals surface area contributed by atoms with Crippen LogP contribution < -0.4 is 10.2 Å². The third-order valence-corrected chi connectivity index (χ3v) is 4.28. The van der Waals surface area contributed by atoms with Gasteiger partial charge >= 0.3 is 0 Å². The van der Waals surface area contributed by atoms with Gasteiger partial charge in [-0.05, 0) is 66.1 Å². The Bertz CT molecular complexity index is 442. The van der Waals surface area contributed by atoms with Crippen molar-refractivity contribution in [3.05, 3.63) is 29.3 Å². The normalized spacial score (nSPS) is 22.1. The minimum absolute atomic E-state index is 0.125. The predicted octanol–water partition coefficient (Wildman–Crippen LogP) is 3.66.